The predicted molar refractivity (Wildman–Crippen MR) is 94.3 cm³/mol. The zero-order chi connectivity index (χ0) is 16.8. The summed E-state index contributed by atoms with van der Waals surface area (Å²) in [5, 5.41) is 3.39. The second-order valence-electron chi connectivity index (χ2n) is 6.59. The van der Waals surface area contributed by atoms with Crippen LogP contribution in [0.2, 0.25) is 0 Å². The van der Waals surface area contributed by atoms with E-state index in [0.29, 0.717) is 23.9 Å². The van der Waals surface area contributed by atoms with Gasteiger partial charge in [-0.05, 0) is 42.9 Å². The first kappa shape index (κ1) is 17.3. The van der Waals surface area contributed by atoms with Crippen LogP contribution in [0.1, 0.15) is 43.1 Å². The van der Waals surface area contributed by atoms with Gasteiger partial charge in [-0.15, -0.1) is 0 Å². The summed E-state index contributed by atoms with van der Waals surface area (Å²) in [5.41, 5.74) is 6.86. The van der Waals surface area contributed by atoms with E-state index in [1.807, 2.05) is 18.2 Å². The highest BCUT2D eigenvalue weighted by atomic mass is 16.1. The van der Waals surface area contributed by atoms with Gasteiger partial charge in [0, 0.05) is 25.2 Å². The molecule has 2 unspecified atom stereocenters. The lowest BCUT2D eigenvalue weighted by Gasteiger charge is -2.37. The number of hydrogen-bond donors (Lipinski definition) is 2. The van der Waals surface area contributed by atoms with Crippen molar-refractivity contribution >= 4 is 11.9 Å². The zero-order valence-corrected chi connectivity index (χ0v) is 14.4. The molecule has 5 nitrogen and oxygen atoms in total. The number of likely N-dealkylation sites (tertiary alicyclic amines) is 1. The molecule has 1 aliphatic heterocycles. The summed E-state index contributed by atoms with van der Waals surface area (Å²) >= 11 is 0. The minimum atomic E-state index is -0.401. The molecule has 0 saturated carbocycles. The Kier molecular flexibility index (Phi) is 6.02. The van der Waals surface area contributed by atoms with E-state index in [-0.39, 0.29) is 0 Å². The van der Waals surface area contributed by atoms with Crippen LogP contribution in [-0.4, -0.2) is 36.4 Å². The molecule has 5 heteroatoms. The summed E-state index contributed by atoms with van der Waals surface area (Å²) in [4.78, 5) is 18.4. The molecule has 0 radical (unpaired) electrons. The molecule has 0 aliphatic carbocycles. The SMILES string of the molecule is CCNC(=NCc1cccc(C(N)=O)c1)N1CC(C)CC(C)C1. The van der Waals surface area contributed by atoms with Crippen LogP contribution in [0.4, 0.5) is 0 Å². The van der Waals surface area contributed by atoms with Gasteiger partial charge in [-0.25, -0.2) is 4.99 Å². The van der Waals surface area contributed by atoms with Gasteiger partial charge in [0.15, 0.2) is 5.96 Å². The average Bonchev–Trinajstić information content (AvgIpc) is 2.50. The van der Waals surface area contributed by atoms with Crippen molar-refractivity contribution in [1.82, 2.24) is 10.2 Å². The molecular formula is C18H28N4O. The number of nitrogens with two attached hydrogens (primary N) is 1. The fraction of sp³-hybridized carbons (Fsp3) is 0.556. The van der Waals surface area contributed by atoms with Crippen molar-refractivity contribution < 1.29 is 4.79 Å². The number of hydrogen-bond acceptors (Lipinski definition) is 2. The van der Waals surface area contributed by atoms with Gasteiger partial charge in [-0.1, -0.05) is 26.0 Å². The van der Waals surface area contributed by atoms with E-state index in [9.17, 15) is 4.79 Å². The molecule has 0 spiro atoms. The third kappa shape index (κ3) is 4.98. The first-order valence-electron chi connectivity index (χ1n) is 8.41. The maximum atomic E-state index is 11.3. The Morgan fingerprint density at radius 3 is 2.65 bits per heavy atom. The van der Waals surface area contributed by atoms with Gasteiger partial charge >= 0.3 is 0 Å². The van der Waals surface area contributed by atoms with Crippen LogP contribution in [0.3, 0.4) is 0 Å². The molecule has 23 heavy (non-hydrogen) atoms. The van der Waals surface area contributed by atoms with Gasteiger partial charge in [0.25, 0.3) is 0 Å². The molecule has 1 heterocycles. The molecule has 2 atom stereocenters. The third-order valence-corrected chi connectivity index (χ3v) is 4.13. The predicted octanol–water partition coefficient (Wildman–Crippen LogP) is 2.23. The van der Waals surface area contributed by atoms with Crippen molar-refractivity contribution in [3.63, 3.8) is 0 Å². The second-order valence-corrected chi connectivity index (χ2v) is 6.59. The molecule has 1 aliphatic rings. The van der Waals surface area contributed by atoms with Crippen LogP contribution in [0, 0.1) is 11.8 Å². The van der Waals surface area contributed by atoms with Crippen LogP contribution in [0.5, 0.6) is 0 Å². The minimum absolute atomic E-state index is 0.401. The highest BCUT2D eigenvalue weighted by molar-refractivity contribution is 5.92. The fourth-order valence-corrected chi connectivity index (χ4v) is 3.25. The number of carbonyl (C=O) groups excluding carboxylic acids is 1. The fourth-order valence-electron chi connectivity index (χ4n) is 3.25. The maximum absolute atomic E-state index is 11.3. The summed E-state index contributed by atoms with van der Waals surface area (Å²) in [6, 6.07) is 7.37. The minimum Gasteiger partial charge on any atom is -0.366 e. The van der Waals surface area contributed by atoms with E-state index in [1.165, 1.54) is 6.42 Å². The standard InChI is InChI=1S/C18H28N4O/c1-4-20-18(22-11-13(2)8-14(3)12-22)21-10-15-6-5-7-16(9-15)17(19)23/h5-7,9,13-14H,4,8,10-12H2,1-3H3,(H2,19,23)(H,20,21). The number of nitrogens with zero attached hydrogens (tertiary/aromatic N) is 2. The van der Waals surface area contributed by atoms with E-state index >= 15 is 0 Å². The van der Waals surface area contributed by atoms with E-state index in [4.69, 9.17) is 10.7 Å². The zero-order valence-electron chi connectivity index (χ0n) is 14.4. The Balaban J connectivity index is 2.12. The normalized spacial score (nSPS) is 22.0. The first-order valence-corrected chi connectivity index (χ1v) is 8.41. The van der Waals surface area contributed by atoms with Crippen LogP contribution in [0.25, 0.3) is 0 Å². The van der Waals surface area contributed by atoms with Crippen LogP contribution in [0.15, 0.2) is 29.3 Å². The van der Waals surface area contributed by atoms with Crippen LogP contribution in [-0.2, 0) is 6.54 Å². The number of piperidine rings is 1. The highest BCUT2D eigenvalue weighted by Gasteiger charge is 2.23. The molecule has 1 amide bonds. The van der Waals surface area contributed by atoms with Gasteiger partial charge < -0.3 is 16.0 Å². The number of nitrogens with one attached hydrogen (secondary N) is 1. The number of benzene rings is 1. The molecule has 1 saturated heterocycles. The molecule has 0 aromatic heterocycles. The Labute approximate surface area is 139 Å². The molecule has 1 aromatic carbocycles. The molecular weight excluding hydrogens is 288 g/mol. The summed E-state index contributed by atoms with van der Waals surface area (Å²) in [6.45, 7) is 10.1. The van der Waals surface area contributed by atoms with Crippen molar-refractivity contribution in [2.45, 2.75) is 33.7 Å². The third-order valence-electron chi connectivity index (χ3n) is 4.13. The Morgan fingerprint density at radius 1 is 1.35 bits per heavy atom. The molecule has 1 fully saturated rings. The monoisotopic (exact) mass is 316 g/mol. The number of primary amides is 1. The summed E-state index contributed by atoms with van der Waals surface area (Å²) in [7, 11) is 0. The Bertz CT molecular complexity index is 560. The number of amides is 1. The van der Waals surface area contributed by atoms with E-state index in [0.717, 1.165) is 31.2 Å². The smallest absolute Gasteiger partial charge is 0.248 e. The second kappa shape index (κ2) is 7.99. The van der Waals surface area contributed by atoms with Gasteiger partial charge in [-0.2, -0.15) is 0 Å². The summed E-state index contributed by atoms with van der Waals surface area (Å²) in [6.07, 6.45) is 1.27. The molecule has 3 N–H and O–H groups in total. The molecule has 0 bridgehead atoms. The van der Waals surface area contributed by atoms with Gasteiger partial charge in [0.2, 0.25) is 5.91 Å². The van der Waals surface area contributed by atoms with Crippen LogP contribution < -0.4 is 11.1 Å². The topological polar surface area (TPSA) is 70.7 Å². The van der Waals surface area contributed by atoms with Crippen molar-refractivity contribution in [3.8, 4) is 0 Å². The van der Waals surface area contributed by atoms with Gasteiger partial charge in [0.05, 0.1) is 6.54 Å². The number of rotatable bonds is 4. The van der Waals surface area contributed by atoms with Crippen molar-refractivity contribution in [1.29, 1.82) is 0 Å². The van der Waals surface area contributed by atoms with Crippen molar-refractivity contribution in [3.05, 3.63) is 35.4 Å². The average molecular weight is 316 g/mol. The lowest BCUT2D eigenvalue weighted by atomic mass is 9.92. The quantitative estimate of drug-likeness (QED) is 0.661. The lowest BCUT2D eigenvalue weighted by molar-refractivity contribution is 0.1000. The molecule has 1 aromatic rings. The summed E-state index contributed by atoms with van der Waals surface area (Å²) in [5.74, 6) is 1.92. The Morgan fingerprint density at radius 2 is 2.04 bits per heavy atom. The number of guanidine groups is 1. The highest BCUT2D eigenvalue weighted by Crippen LogP contribution is 2.21. The van der Waals surface area contributed by atoms with Crippen molar-refractivity contribution in [2.24, 2.45) is 22.6 Å². The van der Waals surface area contributed by atoms with Gasteiger partial charge in [-0.3, -0.25) is 4.79 Å². The van der Waals surface area contributed by atoms with E-state index in [2.05, 4.69) is 31.0 Å². The van der Waals surface area contributed by atoms with E-state index < -0.39 is 5.91 Å². The maximum Gasteiger partial charge on any atom is 0.248 e. The Hall–Kier alpha value is -2.04. The number of carbonyl (C=O) groups is 1. The first-order chi connectivity index (χ1) is 11.0. The van der Waals surface area contributed by atoms with Gasteiger partial charge in [0.1, 0.15) is 0 Å². The van der Waals surface area contributed by atoms with E-state index in [1.54, 1.807) is 6.07 Å². The lowest BCUT2D eigenvalue weighted by Crippen LogP contribution is -2.48. The molecule has 126 valence electrons. The summed E-state index contributed by atoms with van der Waals surface area (Å²) < 4.78 is 0. The molecule has 2 rings (SSSR count). The number of aliphatic imine (C=N–C) groups is 1. The van der Waals surface area contributed by atoms with Crippen molar-refractivity contribution in [2.75, 3.05) is 19.6 Å². The largest absolute Gasteiger partial charge is 0.366 e. The van der Waals surface area contributed by atoms with Crippen LogP contribution >= 0.6 is 0 Å².